The molecule has 0 amide bonds. The summed E-state index contributed by atoms with van der Waals surface area (Å²) in [7, 11) is -3.55. The van der Waals surface area contributed by atoms with Gasteiger partial charge in [0, 0.05) is 43.1 Å². The van der Waals surface area contributed by atoms with E-state index in [0.717, 1.165) is 48.1 Å². The van der Waals surface area contributed by atoms with Crippen molar-refractivity contribution >= 4 is 26.6 Å². The standard InChI is InChI=1S/C21H32N4O2S/c1-3-4-5-6-12-23-21-18-9-7-10-19(20(18)17(2)16-24-21)28(26,27)25-14-8-11-22-13-15-25/h7,9-10,16,22H,3-6,8,11-15H2,1-2H3,(H,23,24). The van der Waals surface area contributed by atoms with Crippen LogP contribution in [-0.2, 0) is 10.0 Å². The third kappa shape index (κ3) is 4.64. The number of nitrogens with one attached hydrogen (secondary N) is 2. The van der Waals surface area contributed by atoms with Crippen LogP contribution in [0, 0.1) is 6.92 Å². The van der Waals surface area contributed by atoms with Gasteiger partial charge >= 0.3 is 0 Å². The van der Waals surface area contributed by atoms with E-state index in [0.29, 0.717) is 24.5 Å². The Kier molecular flexibility index (Phi) is 7.26. The number of fused-ring (bicyclic) bond motifs is 1. The van der Waals surface area contributed by atoms with Crippen LogP contribution in [0.3, 0.4) is 0 Å². The fraction of sp³-hybridized carbons (Fsp3) is 0.571. The summed E-state index contributed by atoms with van der Waals surface area (Å²) >= 11 is 0. The lowest BCUT2D eigenvalue weighted by Gasteiger charge is -2.21. The molecule has 28 heavy (non-hydrogen) atoms. The lowest BCUT2D eigenvalue weighted by molar-refractivity contribution is 0.432. The highest BCUT2D eigenvalue weighted by molar-refractivity contribution is 7.89. The van der Waals surface area contributed by atoms with Crippen LogP contribution in [0.2, 0.25) is 0 Å². The topological polar surface area (TPSA) is 74.3 Å². The van der Waals surface area contributed by atoms with Crippen molar-refractivity contribution in [2.24, 2.45) is 0 Å². The molecule has 0 aliphatic carbocycles. The Morgan fingerprint density at radius 3 is 2.86 bits per heavy atom. The van der Waals surface area contributed by atoms with Gasteiger partial charge in [0.1, 0.15) is 5.82 Å². The van der Waals surface area contributed by atoms with Gasteiger partial charge in [-0.05, 0) is 37.9 Å². The summed E-state index contributed by atoms with van der Waals surface area (Å²) in [6, 6.07) is 5.52. The number of aromatic nitrogens is 1. The minimum Gasteiger partial charge on any atom is -0.370 e. The minimum atomic E-state index is -3.55. The van der Waals surface area contributed by atoms with Crippen molar-refractivity contribution in [2.75, 3.05) is 38.0 Å². The number of hydrogen-bond donors (Lipinski definition) is 2. The molecule has 0 bridgehead atoms. The SMILES string of the molecule is CCCCCCNc1ncc(C)c2c(S(=O)(=O)N3CCCNCC3)cccc12. The van der Waals surface area contributed by atoms with Gasteiger partial charge in [-0.2, -0.15) is 4.31 Å². The first-order valence-electron chi connectivity index (χ1n) is 10.4. The monoisotopic (exact) mass is 404 g/mol. The van der Waals surface area contributed by atoms with E-state index in [1.807, 2.05) is 19.1 Å². The van der Waals surface area contributed by atoms with E-state index < -0.39 is 10.0 Å². The number of benzene rings is 1. The van der Waals surface area contributed by atoms with Crippen LogP contribution < -0.4 is 10.6 Å². The summed E-state index contributed by atoms with van der Waals surface area (Å²) in [5, 5.41) is 8.34. The average molecular weight is 405 g/mol. The molecule has 0 saturated carbocycles. The van der Waals surface area contributed by atoms with Crippen LogP contribution in [0.25, 0.3) is 10.8 Å². The van der Waals surface area contributed by atoms with E-state index in [-0.39, 0.29) is 0 Å². The predicted molar refractivity (Wildman–Crippen MR) is 115 cm³/mol. The summed E-state index contributed by atoms with van der Waals surface area (Å²) in [4.78, 5) is 4.94. The molecule has 0 radical (unpaired) electrons. The Morgan fingerprint density at radius 2 is 2.04 bits per heavy atom. The maximum Gasteiger partial charge on any atom is 0.243 e. The van der Waals surface area contributed by atoms with Crippen LogP contribution in [0.1, 0.15) is 44.6 Å². The van der Waals surface area contributed by atoms with Gasteiger partial charge in [0.2, 0.25) is 10.0 Å². The Morgan fingerprint density at radius 1 is 1.18 bits per heavy atom. The quantitative estimate of drug-likeness (QED) is 0.659. The van der Waals surface area contributed by atoms with Crippen molar-refractivity contribution < 1.29 is 8.42 Å². The van der Waals surface area contributed by atoms with E-state index >= 15 is 0 Å². The number of hydrogen-bond acceptors (Lipinski definition) is 5. The first kappa shape index (κ1) is 21.0. The molecule has 0 unspecified atom stereocenters. The number of rotatable bonds is 8. The molecule has 1 fully saturated rings. The predicted octanol–water partition coefficient (Wildman–Crippen LogP) is 3.52. The van der Waals surface area contributed by atoms with Crippen molar-refractivity contribution in [1.29, 1.82) is 0 Å². The van der Waals surface area contributed by atoms with E-state index in [9.17, 15) is 8.42 Å². The molecule has 1 aromatic carbocycles. The molecule has 6 nitrogen and oxygen atoms in total. The molecule has 2 heterocycles. The van der Waals surface area contributed by atoms with Gasteiger partial charge in [0.25, 0.3) is 0 Å². The van der Waals surface area contributed by atoms with Crippen molar-refractivity contribution in [3.63, 3.8) is 0 Å². The minimum absolute atomic E-state index is 0.390. The lowest BCUT2D eigenvalue weighted by Crippen LogP contribution is -2.34. The second-order valence-corrected chi connectivity index (χ2v) is 9.37. The molecule has 0 atom stereocenters. The number of aryl methyl sites for hydroxylation is 1. The normalized spacial score (nSPS) is 16.2. The maximum absolute atomic E-state index is 13.4. The van der Waals surface area contributed by atoms with Gasteiger partial charge in [0.05, 0.1) is 4.90 Å². The molecule has 3 rings (SSSR count). The van der Waals surface area contributed by atoms with Crippen LogP contribution in [0.15, 0.2) is 29.3 Å². The highest BCUT2D eigenvalue weighted by Crippen LogP contribution is 2.32. The highest BCUT2D eigenvalue weighted by Gasteiger charge is 2.27. The van der Waals surface area contributed by atoms with Crippen LogP contribution in [-0.4, -0.2) is 50.4 Å². The summed E-state index contributed by atoms with van der Waals surface area (Å²) in [6.07, 6.45) is 7.32. The van der Waals surface area contributed by atoms with E-state index in [1.54, 1.807) is 16.6 Å². The van der Waals surface area contributed by atoms with Crippen LogP contribution >= 0.6 is 0 Å². The zero-order valence-electron chi connectivity index (χ0n) is 17.0. The van der Waals surface area contributed by atoms with E-state index in [1.165, 1.54) is 19.3 Å². The highest BCUT2D eigenvalue weighted by atomic mass is 32.2. The molecule has 0 spiro atoms. The molecule has 154 valence electrons. The van der Waals surface area contributed by atoms with Gasteiger partial charge in [-0.15, -0.1) is 0 Å². The molecule has 7 heteroatoms. The van der Waals surface area contributed by atoms with Gasteiger partial charge in [-0.25, -0.2) is 13.4 Å². The molecular weight excluding hydrogens is 372 g/mol. The van der Waals surface area contributed by atoms with Crippen molar-refractivity contribution in [2.45, 2.75) is 50.8 Å². The van der Waals surface area contributed by atoms with Gasteiger partial charge < -0.3 is 10.6 Å². The number of anilines is 1. The van der Waals surface area contributed by atoms with Crippen molar-refractivity contribution in [1.82, 2.24) is 14.6 Å². The number of nitrogens with zero attached hydrogens (tertiary/aromatic N) is 2. The molecule has 1 aliphatic heterocycles. The molecule has 1 aromatic heterocycles. The van der Waals surface area contributed by atoms with Crippen LogP contribution in [0.5, 0.6) is 0 Å². The second kappa shape index (κ2) is 9.67. The lowest BCUT2D eigenvalue weighted by atomic mass is 10.1. The Labute approximate surface area is 168 Å². The molecule has 1 saturated heterocycles. The summed E-state index contributed by atoms with van der Waals surface area (Å²) in [6.45, 7) is 7.59. The average Bonchev–Trinajstić information content (AvgIpc) is 2.99. The molecule has 2 aromatic rings. The summed E-state index contributed by atoms with van der Waals surface area (Å²) < 4.78 is 28.4. The largest absolute Gasteiger partial charge is 0.370 e. The fourth-order valence-corrected chi connectivity index (χ4v) is 5.50. The smallest absolute Gasteiger partial charge is 0.243 e. The van der Waals surface area contributed by atoms with E-state index in [2.05, 4.69) is 22.5 Å². The van der Waals surface area contributed by atoms with Gasteiger partial charge in [0.15, 0.2) is 0 Å². The molecular formula is C21H32N4O2S. The zero-order chi connectivity index (χ0) is 20.0. The Bertz CT molecular complexity index is 891. The van der Waals surface area contributed by atoms with E-state index in [4.69, 9.17) is 0 Å². The fourth-order valence-electron chi connectivity index (χ4n) is 3.75. The summed E-state index contributed by atoms with van der Waals surface area (Å²) in [5.41, 5.74) is 0.888. The maximum atomic E-state index is 13.4. The third-order valence-electron chi connectivity index (χ3n) is 5.30. The number of sulfonamides is 1. The van der Waals surface area contributed by atoms with Crippen molar-refractivity contribution in [3.05, 3.63) is 30.0 Å². The number of pyridine rings is 1. The molecule has 1 aliphatic rings. The molecule has 2 N–H and O–H groups in total. The number of unbranched alkanes of at least 4 members (excludes halogenated alkanes) is 3. The van der Waals surface area contributed by atoms with Gasteiger partial charge in [-0.1, -0.05) is 38.3 Å². The Balaban J connectivity index is 1.94. The van der Waals surface area contributed by atoms with Crippen LogP contribution in [0.4, 0.5) is 5.82 Å². The van der Waals surface area contributed by atoms with Crippen molar-refractivity contribution in [3.8, 4) is 0 Å². The third-order valence-corrected chi connectivity index (χ3v) is 7.24. The Hall–Kier alpha value is -1.70. The second-order valence-electron chi connectivity index (χ2n) is 7.46. The zero-order valence-corrected chi connectivity index (χ0v) is 17.8. The van der Waals surface area contributed by atoms with Gasteiger partial charge in [-0.3, -0.25) is 0 Å². The first-order valence-corrected chi connectivity index (χ1v) is 11.8. The first-order chi connectivity index (χ1) is 13.6. The summed E-state index contributed by atoms with van der Waals surface area (Å²) in [5.74, 6) is 0.770.